The molecule has 3 N–H and O–H groups in total. The van der Waals surface area contributed by atoms with Gasteiger partial charge in [-0.15, -0.1) is 0 Å². The Morgan fingerprint density at radius 3 is 2.82 bits per heavy atom. The van der Waals surface area contributed by atoms with Crippen molar-refractivity contribution in [3.63, 3.8) is 0 Å². The van der Waals surface area contributed by atoms with Gasteiger partial charge in [-0.1, -0.05) is 38.0 Å². The number of fused-ring (bicyclic) bond motifs is 6. The Hall–Kier alpha value is -0.680. The van der Waals surface area contributed by atoms with Crippen LogP contribution >= 0.6 is 0 Å². The first-order valence-corrected chi connectivity index (χ1v) is 14.0. The van der Waals surface area contributed by atoms with Crippen LogP contribution < -0.4 is 5.73 Å². The van der Waals surface area contributed by atoms with E-state index in [9.17, 15) is 5.11 Å². The fraction of sp³-hybridized carbons (Fsp3) is 0.862. The van der Waals surface area contributed by atoms with Crippen LogP contribution in [0.25, 0.3) is 0 Å². The second-order valence-corrected chi connectivity index (χ2v) is 13.0. The molecule has 1 unspecified atom stereocenters. The zero-order valence-corrected chi connectivity index (χ0v) is 21.4. The Morgan fingerprint density at radius 2 is 2.03 bits per heavy atom. The molecule has 4 heteroatoms. The first-order valence-electron chi connectivity index (χ1n) is 14.0. The highest BCUT2D eigenvalue weighted by Gasteiger charge is 2.61. The van der Waals surface area contributed by atoms with E-state index in [1.54, 1.807) is 16.7 Å². The van der Waals surface area contributed by atoms with Gasteiger partial charge in [0.15, 0.2) is 0 Å². The smallest absolute Gasteiger partial charge is 0.0937 e. The maximum atomic E-state index is 10.3. The minimum absolute atomic E-state index is 0.0616. The van der Waals surface area contributed by atoms with Crippen LogP contribution in [-0.4, -0.2) is 53.5 Å². The summed E-state index contributed by atoms with van der Waals surface area (Å²) in [6.07, 6.45) is 12.0. The molecule has 4 fully saturated rings. The normalized spacial score (nSPS) is 51.8. The fourth-order valence-electron chi connectivity index (χ4n) is 9.96. The number of ether oxygens (including phenoxy) is 1. The molecule has 1 spiro atoms. The average Bonchev–Trinajstić information content (AvgIpc) is 3.29. The number of aliphatic hydroxyl groups is 1. The summed E-state index contributed by atoms with van der Waals surface area (Å²) in [6, 6.07) is 0.521. The van der Waals surface area contributed by atoms with Gasteiger partial charge in [-0.2, -0.15) is 0 Å². The van der Waals surface area contributed by atoms with Gasteiger partial charge in [0.1, 0.15) is 0 Å². The van der Waals surface area contributed by atoms with Crippen LogP contribution in [0.5, 0.6) is 0 Å². The first-order chi connectivity index (χ1) is 15.8. The van der Waals surface area contributed by atoms with E-state index in [1.807, 2.05) is 0 Å². The number of rotatable bonds is 2. The molecule has 184 valence electrons. The summed E-state index contributed by atoms with van der Waals surface area (Å²) < 4.78 is 7.19. The lowest BCUT2D eigenvalue weighted by molar-refractivity contribution is -0.0647. The maximum absolute atomic E-state index is 10.3. The highest BCUT2D eigenvalue weighted by Crippen LogP contribution is 2.65. The third-order valence-electron chi connectivity index (χ3n) is 11.5. The Kier molecular flexibility index (Phi) is 5.46. The molecule has 33 heavy (non-hydrogen) atoms. The summed E-state index contributed by atoms with van der Waals surface area (Å²) in [7, 11) is 0. The van der Waals surface area contributed by atoms with Gasteiger partial charge in [0, 0.05) is 31.6 Å². The Balaban J connectivity index is 1.34. The van der Waals surface area contributed by atoms with E-state index in [1.165, 1.54) is 45.1 Å². The van der Waals surface area contributed by atoms with E-state index in [0.29, 0.717) is 29.4 Å². The molecule has 0 radical (unpaired) electrons. The number of nitrogens with two attached hydrogens (primary N) is 1. The molecule has 0 aromatic carbocycles. The summed E-state index contributed by atoms with van der Waals surface area (Å²) in [6.45, 7) is 12.8. The van der Waals surface area contributed by atoms with Crippen LogP contribution in [-0.2, 0) is 4.74 Å². The highest BCUT2D eigenvalue weighted by molar-refractivity contribution is 5.38. The Bertz CT molecular complexity index is 866. The molecule has 4 aliphatic carbocycles. The van der Waals surface area contributed by atoms with E-state index < -0.39 is 0 Å². The largest absolute Gasteiger partial charge is 0.389 e. The van der Waals surface area contributed by atoms with Gasteiger partial charge in [0.2, 0.25) is 0 Å². The van der Waals surface area contributed by atoms with Gasteiger partial charge in [-0.3, -0.25) is 4.90 Å². The van der Waals surface area contributed by atoms with Crippen molar-refractivity contribution < 1.29 is 9.84 Å². The lowest BCUT2D eigenvalue weighted by Crippen LogP contribution is -2.53. The van der Waals surface area contributed by atoms with Gasteiger partial charge in [-0.05, 0) is 93.0 Å². The summed E-state index contributed by atoms with van der Waals surface area (Å²) in [5.41, 5.74) is 11.2. The number of piperidine rings is 1. The van der Waals surface area contributed by atoms with Crippen molar-refractivity contribution in [2.45, 2.75) is 103 Å². The number of nitrogens with zero attached hydrogens (tertiary/aromatic N) is 1. The zero-order valence-electron chi connectivity index (χ0n) is 21.4. The fourth-order valence-corrected chi connectivity index (χ4v) is 9.96. The Morgan fingerprint density at radius 1 is 1.21 bits per heavy atom. The highest BCUT2D eigenvalue weighted by atomic mass is 16.5. The molecular formula is C29H46N2O2. The van der Waals surface area contributed by atoms with Gasteiger partial charge in [0.05, 0.1) is 17.8 Å². The van der Waals surface area contributed by atoms with Crippen LogP contribution in [0.2, 0.25) is 0 Å². The predicted octanol–water partition coefficient (Wildman–Crippen LogP) is 4.67. The molecule has 4 nitrogen and oxygen atoms in total. The molecule has 6 rings (SSSR count). The first kappa shape index (κ1) is 22.8. The molecule has 6 aliphatic rings. The van der Waals surface area contributed by atoms with Crippen LogP contribution in [0.4, 0.5) is 0 Å². The molecule has 0 aromatic heterocycles. The van der Waals surface area contributed by atoms with Gasteiger partial charge < -0.3 is 15.6 Å². The van der Waals surface area contributed by atoms with E-state index in [0.717, 1.165) is 43.7 Å². The lowest BCUT2D eigenvalue weighted by Gasteiger charge is -2.49. The number of allylic oxidation sites excluding steroid dienone is 2. The molecular weight excluding hydrogens is 408 g/mol. The van der Waals surface area contributed by atoms with E-state index in [4.69, 9.17) is 10.5 Å². The third kappa shape index (κ3) is 3.16. The van der Waals surface area contributed by atoms with Crippen molar-refractivity contribution >= 4 is 0 Å². The van der Waals surface area contributed by atoms with Crippen molar-refractivity contribution in [2.24, 2.45) is 40.7 Å². The molecule has 2 saturated carbocycles. The standard InChI is InChI=1S/C29H46N2O2/c1-17-13-26-27(31(16-17)12-11-30)19(3)29(33-26)10-8-22-23-6-5-20-14-21(32)7-9-28(20,4)25(23)15-24(22)18(29)2/h14,17,19,21-23,25-27,32H,5-13,15-16,30H2,1-4H3/t17-,19+,21?,22-,23-,25-,26+,27-,28-,29-/m0/s1. The summed E-state index contributed by atoms with van der Waals surface area (Å²) in [5.74, 6) is 3.57. The maximum Gasteiger partial charge on any atom is 0.0937 e. The monoisotopic (exact) mass is 454 g/mol. The Labute approximate surface area is 201 Å². The topological polar surface area (TPSA) is 58.7 Å². The second-order valence-electron chi connectivity index (χ2n) is 13.0. The van der Waals surface area contributed by atoms with Crippen molar-refractivity contribution in [1.82, 2.24) is 4.90 Å². The SMILES string of the molecule is CC1=C2C[C@H]3[C@@H](CCC4=CC(O)CC[C@@]43C)[C@@H]2CC[C@]12O[C@@H]1C[C@H](C)CN(CCN)[C@H]1[C@H]2C. The average molecular weight is 455 g/mol. The number of hydrogen-bond acceptors (Lipinski definition) is 4. The molecule has 0 amide bonds. The van der Waals surface area contributed by atoms with E-state index in [2.05, 4.69) is 38.7 Å². The molecule has 0 bridgehead atoms. The minimum atomic E-state index is -0.215. The second kappa shape index (κ2) is 7.91. The van der Waals surface area contributed by atoms with Crippen LogP contribution in [0.15, 0.2) is 22.8 Å². The van der Waals surface area contributed by atoms with E-state index in [-0.39, 0.29) is 11.7 Å². The molecule has 2 saturated heterocycles. The lowest BCUT2D eigenvalue weighted by atomic mass is 9.56. The van der Waals surface area contributed by atoms with Crippen LogP contribution in [0, 0.1) is 35.0 Å². The van der Waals surface area contributed by atoms with Crippen molar-refractivity contribution in [1.29, 1.82) is 0 Å². The van der Waals surface area contributed by atoms with Gasteiger partial charge in [0.25, 0.3) is 0 Å². The zero-order chi connectivity index (χ0) is 23.1. The van der Waals surface area contributed by atoms with Gasteiger partial charge >= 0.3 is 0 Å². The molecule has 2 aliphatic heterocycles. The summed E-state index contributed by atoms with van der Waals surface area (Å²) in [5, 5.41) is 10.3. The number of aliphatic hydroxyl groups excluding tert-OH is 1. The van der Waals surface area contributed by atoms with Crippen molar-refractivity contribution in [2.75, 3.05) is 19.6 Å². The molecule has 0 aromatic rings. The van der Waals surface area contributed by atoms with Crippen LogP contribution in [0.3, 0.4) is 0 Å². The predicted molar refractivity (Wildman–Crippen MR) is 133 cm³/mol. The van der Waals surface area contributed by atoms with E-state index >= 15 is 0 Å². The van der Waals surface area contributed by atoms with Crippen molar-refractivity contribution in [3.8, 4) is 0 Å². The van der Waals surface area contributed by atoms with Crippen LogP contribution in [0.1, 0.15) is 79.1 Å². The quantitative estimate of drug-likeness (QED) is 0.595. The van der Waals surface area contributed by atoms with Gasteiger partial charge in [-0.25, -0.2) is 0 Å². The molecule has 2 heterocycles. The third-order valence-corrected chi connectivity index (χ3v) is 11.5. The summed E-state index contributed by atoms with van der Waals surface area (Å²) >= 11 is 0. The molecule has 10 atom stereocenters. The summed E-state index contributed by atoms with van der Waals surface area (Å²) in [4.78, 5) is 2.67. The minimum Gasteiger partial charge on any atom is -0.389 e. The van der Waals surface area contributed by atoms with Crippen molar-refractivity contribution in [3.05, 3.63) is 22.8 Å². The number of hydrogen-bond donors (Lipinski definition) is 2. The number of likely N-dealkylation sites (tertiary alicyclic amines) is 1.